The minimum atomic E-state index is -3.55. The van der Waals surface area contributed by atoms with Crippen molar-refractivity contribution in [1.29, 1.82) is 0 Å². The van der Waals surface area contributed by atoms with Gasteiger partial charge in [-0.3, -0.25) is 0 Å². The summed E-state index contributed by atoms with van der Waals surface area (Å²) >= 11 is 0. The zero-order valence-corrected chi connectivity index (χ0v) is 29.0. The molecule has 227 valence electrons. The van der Waals surface area contributed by atoms with Gasteiger partial charge in [-0.2, -0.15) is 0 Å². The maximum Gasteiger partial charge on any atom is 0.387 e. The lowest BCUT2D eigenvalue weighted by Crippen LogP contribution is -2.79. The van der Waals surface area contributed by atoms with E-state index in [1.807, 2.05) is 0 Å². The minimum absolute atomic E-state index is 1.08. The zero-order valence-electron chi connectivity index (χ0n) is 26.0. The van der Waals surface area contributed by atoms with Crippen LogP contribution in [0.4, 0.5) is 0 Å². The van der Waals surface area contributed by atoms with Crippen LogP contribution in [0.2, 0.25) is 0 Å². The van der Waals surface area contributed by atoms with E-state index in [0.29, 0.717) is 0 Å². The van der Waals surface area contributed by atoms with Gasteiger partial charge < -0.3 is 8.23 Å². The molecular formula is C42H35O2Si3. The first-order chi connectivity index (χ1) is 23.3. The summed E-state index contributed by atoms with van der Waals surface area (Å²) in [6.07, 6.45) is 0. The highest BCUT2D eigenvalue weighted by molar-refractivity contribution is 7.14. The summed E-state index contributed by atoms with van der Waals surface area (Å²) in [4.78, 5) is 0. The van der Waals surface area contributed by atoms with Crippen molar-refractivity contribution in [3.8, 4) is 0 Å². The average molecular weight is 656 g/mol. The number of rotatable bonds is 11. The first-order valence-corrected chi connectivity index (χ1v) is 21.1. The Labute approximate surface area is 281 Å². The highest BCUT2D eigenvalue weighted by Gasteiger charge is 2.54. The fourth-order valence-corrected chi connectivity index (χ4v) is 19.8. The molecule has 0 aliphatic heterocycles. The van der Waals surface area contributed by atoms with Gasteiger partial charge in [-0.15, -0.1) is 0 Å². The molecule has 0 saturated carbocycles. The molecular weight excluding hydrogens is 621 g/mol. The summed E-state index contributed by atoms with van der Waals surface area (Å²) in [7, 11) is -8.60. The number of hydrogen-bond donors (Lipinski definition) is 0. The van der Waals surface area contributed by atoms with E-state index in [1.54, 1.807) is 0 Å². The maximum atomic E-state index is 8.31. The summed E-state index contributed by atoms with van der Waals surface area (Å²) in [5.74, 6) is 0. The van der Waals surface area contributed by atoms with Gasteiger partial charge in [-0.05, 0) is 36.3 Å². The Morgan fingerprint density at radius 3 is 0.851 bits per heavy atom. The molecule has 0 N–H and O–H groups in total. The Morgan fingerprint density at radius 1 is 0.298 bits per heavy atom. The van der Waals surface area contributed by atoms with Crippen LogP contribution >= 0.6 is 0 Å². The molecule has 5 heteroatoms. The summed E-state index contributed by atoms with van der Waals surface area (Å²) in [6, 6.07) is 75.2. The van der Waals surface area contributed by atoms with Crippen molar-refractivity contribution in [3.63, 3.8) is 0 Å². The second-order valence-electron chi connectivity index (χ2n) is 11.4. The van der Waals surface area contributed by atoms with E-state index >= 15 is 0 Å². The van der Waals surface area contributed by atoms with Crippen molar-refractivity contribution in [2.45, 2.75) is 0 Å². The van der Waals surface area contributed by atoms with Crippen LogP contribution in [0.15, 0.2) is 212 Å². The van der Waals surface area contributed by atoms with Crippen molar-refractivity contribution in [3.05, 3.63) is 212 Å². The molecule has 0 fully saturated rings. The van der Waals surface area contributed by atoms with Gasteiger partial charge in [0.15, 0.2) is 0 Å². The molecule has 0 atom stereocenters. The van der Waals surface area contributed by atoms with Crippen LogP contribution in [0, 0.1) is 0 Å². The second-order valence-corrected chi connectivity index (χ2v) is 20.3. The predicted octanol–water partition coefficient (Wildman–Crippen LogP) is 4.75. The molecule has 1 radical (unpaired) electrons. The molecule has 0 saturated heterocycles. The van der Waals surface area contributed by atoms with E-state index in [0.717, 1.165) is 10.4 Å². The van der Waals surface area contributed by atoms with Gasteiger partial charge in [0.2, 0.25) is 0 Å². The summed E-state index contributed by atoms with van der Waals surface area (Å²) in [6.45, 7) is 0. The molecule has 7 rings (SSSR count). The van der Waals surface area contributed by atoms with Crippen LogP contribution < -0.4 is 36.3 Å². The van der Waals surface area contributed by atoms with E-state index in [-0.39, 0.29) is 0 Å². The lowest BCUT2D eigenvalue weighted by atomic mass is 10.3. The predicted molar refractivity (Wildman–Crippen MR) is 202 cm³/mol. The van der Waals surface area contributed by atoms with Crippen LogP contribution in [-0.2, 0) is 8.23 Å². The quantitative estimate of drug-likeness (QED) is 0.148. The first-order valence-electron chi connectivity index (χ1n) is 15.9. The van der Waals surface area contributed by atoms with Gasteiger partial charge in [0, 0.05) is 0 Å². The standard InChI is InChI=1S/C42H35O2Si3/c1-8-22-36(23-9-1)45(37-24-10-2-11-25-37)43-47(41-32-18-6-19-33-41,42-34-20-7-21-35-42)44-46(38-26-12-3-13-27-38,39-28-14-4-15-29-39)40-30-16-5-17-31-40/h1-35H. The van der Waals surface area contributed by atoms with Crippen molar-refractivity contribution in [1.82, 2.24) is 0 Å². The van der Waals surface area contributed by atoms with Gasteiger partial charge >= 0.3 is 8.56 Å². The molecule has 0 amide bonds. The third kappa shape index (κ3) is 6.27. The molecule has 0 aliphatic rings. The number of hydrogen-bond acceptors (Lipinski definition) is 2. The van der Waals surface area contributed by atoms with Gasteiger partial charge in [-0.1, -0.05) is 212 Å². The van der Waals surface area contributed by atoms with Crippen molar-refractivity contribution in [2.75, 3.05) is 0 Å². The third-order valence-electron chi connectivity index (χ3n) is 8.46. The Balaban J connectivity index is 1.57. The van der Waals surface area contributed by atoms with Crippen LogP contribution in [0.5, 0.6) is 0 Å². The average Bonchev–Trinajstić information content (AvgIpc) is 3.18. The monoisotopic (exact) mass is 655 g/mol. The maximum absolute atomic E-state index is 8.31. The van der Waals surface area contributed by atoms with E-state index < -0.39 is 25.9 Å². The highest BCUT2D eigenvalue weighted by Crippen LogP contribution is 2.20. The van der Waals surface area contributed by atoms with Crippen LogP contribution in [0.3, 0.4) is 0 Å². The lowest BCUT2D eigenvalue weighted by molar-refractivity contribution is 0.436. The van der Waals surface area contributed by atoms with E-state index in [1.165, 1.54) is 25.9 Å². The van der Waals surface area contributed by atoms with E-state index in [2.05, 4.69) is 212 Å². The van der Waals surface area contributed by atoms with Crippen molar-refractivity contribution >= 4 is 62.2 Å². The largest absolute Gasteiger partial charge is 0.422 e. The van der Waals surface area contributed by atoms with Crippen LogP contribution in [0.1, 0.15) is 0 Å². The zero-order chi connectivity index (χ0) is 31.8. The van der Waals surface area contributed by atoms with Gasteiger partial charge in [-0.25, -0.2) is 0 Å². The second kappa shape index (κ2) is 14.3. The third-order valence-corrected chi connectivity index (χ3v) is 20.1. The lowest BCUT2D eigenvalue weighted by Gasteiger charge is -2.44. The Hall–Kier alpha value is -4.89. The van der Waals surface area contributed by atoms with Crippen LogP contribution in [-0.4, -0.2) is 25.9 Å². The Morgan fingerprint density at radius 2 is 0.553 bits per heavy atom. The topological polar surface area (TPSA) is 18.5 Å². The van der Waals surface area contributed by atoms with E-state index in [9.17, 15) is 0 Å². The molecule has 0 unspecified atom stereocenters. The molecule has 0 aliphatic carbocycles. The molecule has 0 spiro atoms. The van der Waals surface area contributed by atoms with E-state index in [4.69, 9.17) is 8.23 Å². The smallest absolute Gasteiger partial charge is 0.387 e. The van der Waals surface area contributed by atoms with Gasteiger partial charge in [0.05, 0.1) is 0 Å². The first kappa shape index (κ1) is 30.7. The SMILES string of the molecule is c1ccc([Si](O[Si](O[Si](c2ccccc2)(c2ccccc2)c2ccccc2)(c2ccccc2)c2ccccc2)c2ccccc2)cc1. The molecule has 0 aromatic heterocycles. The number of benzene rings is 7. The molecule has 0 bridgehead atoms. The van der Waals surface area contributed by atoms with Gasteiger partial charge in [0.25, 0.3) is 17.4 Å². The highest BCUT2D eigenvalue weighted by atomic mass is 28.5. The fourth-order valence-electron chi connectivity index (χ4n) is 6.26. The molecule has 7 aromatic carbocycles. The molecule has 7 aromatic rings. The Bertz CT molecular complexity index is 1790. The molecule has 2 nitrogen and oxygen atoms in total. The Kier molecular flexibility index (Phi) is 9.33. The fraction of sp³-hybridized carbons (Fsp3) is 0. The summed E-state index contributed by atoms with van der Waals surface area (Å²) < 4.78 is 16.3. The summed E-state index contributed by atoms with van der Waals surface area (Å²) in [5.41, 5.74) is 0. The molecule has 0 heterocycles. The minimum Gasteiger partial charge on any atom is -0.422 e. The van der Waals surface area contributed by atoms with Crippen molar-refractivity contribution in [2.24, 2.45) is 0 Å². The normalized spacial score (nSPS) is 11.8. The summed E-state index contributed by atoms with van der Waals surface area (Å²) in [5, 5.41) is 8.07. The molecule has 47 heavy (non-hydrogen) atoms. The van der Waals surface area contributed by atoms with Crippen molar-refractivity contribution < 1.29 is 8.23 Å². The van der Waals surface area contributed by atoms with Gasteiger partial charge in [0.1, 0.15) is 0 Å². The van der Waals surface area contributed by atoms with Crippen LogP contribution in [0.25, 0.3) is 0 Å².